The largest absolute Gasteiger partial charge is 0.368 e. The molecule has 1 aliphatic heterocycles. The van der Waals surface area contributed by atoms with E-state index in [1.807, 2.05) is 0 Å². The van der Waals surface area contributed by atoms with Gasteiger partial charge in [0.15, 0.2) is 0 Å². The standard InChI is InChI=1S/C10H16N2O3/c1-2-9(13)11-6-5-10(14)15-12-7-3-4-8-12/h2H,1,3-8H2,(H,11,13). The van der Waals surface area contributed by atoms with Gasteiger partial charge in [0.1, 0.15) is 0 Å². The number of nitrogens with one attached hydrogen (secondary N) is 1. The molecule has 0 aliphatic carbocycles. The van der Waals surface area contributed by atoms with Crippen molar-refractivity contribution in [3.05, 3.63) is 12.7 Å². The topological polar surface area (TPSA) is 58.6 Å². The van der Waals surface area contributed by atoms with Gasteiger partial charge in [-0.3, -0.25) is 9.59 Å². The number of nitrogens with zero attached hydrogens (tertiary/aromatic N) is 1. The molecule has 15 heavy (non-hydrogen) atoms. The van der Waals surface area contributed by atoms with E-state index in [0.717, 1.165) is 25.9 Å². The van der Waals surface area contributed by atoms with Crippen LogP contribution < -0.4 is 5.32 Å². The molecule has 0 aromatic rings. The third-order valence-corrected chi connectivity index (χ3v) is 2.11. The Hall–Kier alpha value is -1.36. The molecule has 0 bridgehead atoms. The fourth-order valence-electron chi connectivity index (χ4n) is 1.33. The Balaban J connectivity index is 2.07. The van der Waals surface area contributed by atoms with Gasteiger partial charge in [-0.15, -0.1) is 5.06 Å². The highest BCUT2D eigenvalue weighted by molar-refractivity contribution is 5.87. The summed E-state index contributed by atoms with van der Waals surface area (Å²) in [7, 11) is 0. The van der Waals surface area contributed by atoms with Crippen LogP contribution in [0.3, 0.4) is 0 Å². The quantitative estimate of drug-likeness (QED) is 0.663. The van der Waals surface area contributed by atoms with Crippen LogP contribution in [0, 0.1) is 0 Å². The first-order valence-corrected chi connectivity index (χ1v) is 5.08. The molecule has 1 aliphatic rings. The Morgan fingerprint density at radius 2 is 2.07 bits per heavy atom. The van der Waals surface area contributed by atoms with Crippen molar-refractivity contribution >= 4 is 11.9 Å². The van der Waals surface area contributed by atoms with Crippen molar-refractivity contribution in [1.29, 1.82) is 0 Å². The molecule has 5 nitrogen and oxygen atoms in total. The van der Waals surface area contributed by atoms with Crippen molar-refractivity contribution in [2.24, 2.45) is 0 Å². The molecule has 1 rings (SSSR count). The number of hydrogen-bond acceptors (Lipinski definition) is 4. The van der Waals surface area contributed by atoms with Crippen molar-refractivity contribution in [1.82, 2.24) is 10.4 Å². The van der Waals surface area contributed by atoms with E-state index >= 15 is 0 Å². The first-order chi connectivity index (χ1) is 7.22. The summed E-state index contributed by atoms with van der Waals surface area (Å²) < 4.78 is 0. The van der Waals surface area contributed by atoms with Crippen LogP contribution in [0.1, 0.15) is 19.3 Å². The van der Waals surface area contributed by atoms with E-state index in [-0.39, 0.29) is 24.8 Å². The summed E-state index contributed by atoms with van der Waals surface area (Å²) in [5.74, 6) is -0.578. The summed E-state index contributed by atoms with van der Waals surface area (Å²) in [6.07, 6.45) is 3.50. The zero-order valence-electron chi connectivity index (χ0n) is 8.70. The zero-order chi connectivity index (χ0) is 11.1. The predicted octanol–water partition coefficient (Wildman–Crippen LogP) is 0.233. The Labute approximate surface area is 89.0 Å². The second-order valence-electron chi connectivity index (χ2n) is 3.34. The number of rotatable bonds is 5. The first-order valence-electron chi connectivity index (χ1n) is 5.08. The van der Waals surface area contributed by atoms with Gasteiger partial charge in [-0.2, -0.15) is 0 Å². The molecule has 0 saturated carbocycles. The maximum absolute atomic E-state index is 11.2. The fourth-order valence-corrected chi connectivity index (χ4v) is 1.33. The van der Waals surface area contributed by atoms with Crippen molar-refractivity contribution in [2.45, 2.75) is 19.3 Å². The molecule has 84 valence electrons. The second-order valence-corrected chi connectivity index (χ2v) is 3.34. The molecule has 1 saturated heterocycles. The molecule has 1 fully saturated rings. The van der Waals surface area contributed by atoms with Gasteiger partial charge >= 0.3 is 5.97 Å². The molecule has 5 heteroatoms. The van der Waals surface area contributed by atoms with Gasteiger partial charge in [0.25, 0.3) is 0 Å². The van der Waals surface area contributed by atoms with Crippen LogP contribution in [-0.2, 0) is 14.4 Å². The van der Waals surface area contributed by atoms with Crippen LogP contribution >= 0.6 is 0 Å². The van der Waals surface area contributed by atoms with E-state index in [0.29, 0.717) is 0 Å². The minimum absolute atomic E-state index is 0.191. The number of amides is 1. The van der Waals surface area contributed by atoms with Gasteiger partial charge in [0, 0.05) is 19.6 Å². The minimum atomic E-state index is -0.304. The van der Waals surface area contributed by atoms with Crippen molar-refractivity contribution < 1.29 is 14.4 Å². The third kappa shape index (κ3) is 4.60. The lowest BCUT2D eigenvalue weighted by Gasteiger charge is -2.13. The molecule has 0 atom stereocenters. The van der Waals surface area contributed by atoms with Crippen molar-refractivity contribution in [3.8, 4) is 0 Å². The highest BCUT2D eigenvalue weighted by Gasteiger charge is 2.15. The molecule has 1 N–H and O–H groups in total. The number of hydroxylamine groups is 2. The summed E-state index contributed by atoms with van der Waals surface area (Å²) in [5.41, 5.74) is 0. The second kappa shape index (κ2) is 6.19. The van der Waals surface area contributed by atoms with Crippen molar-refractivity contribution in [2.75, 3.05) is 19.6 Å². The molecule has 0 unspecified atom stereocenters. The molecule has 1 amide bonds. The lowest BCUT2D eigenvalue weighted by atomic mass is 10.4. The monoisotopic (exact) mass is 212 g/mol. The molecule has 0 radical (unpaired) electrons. The van der Waals surface area contributed by atoms with Crippen LogP contribution in [0.4, 0.5) is 0 Å². The highest BCUT2D eigenvalue weighted by Crippen LogP contribution is 2.07. The summed E-state index contributed by atoms with van der Waals surface area (Å²) in [6, 6.07) is 0. The molecular weight excluding hydrogens is 196 g/mol. The number of hydrogen-bond donors (Lipinski definition) is 1. The average Bonchev–Trinajstić information content (AvgIpc) is 2.70. The Morgan fingerprint density at radius 1 is 1.40 bits per heavy atom. The summed E-state index contributed by atoms with van der Waals surface area (Å²) >= 11 is 0. The van der Waals surface area contributed by atoms with E-state index in [1.54, 1.807) is 5.06 Å². The SMILES string of the molecule is C=CC(=O)NCCC(=O)ON1CCCC1. The molecule has 0 aromatic carbocycles. The van der Waals surface area contributed by atoms with Crippen LogP contribution in [0.25, 0.3) is 0 Å². The van der Waals surface area contributed by atoms with E-state index in [9.17, 15) is 9.59 Å². The highest BCUT2D eigenvalue weighted by atomic mass is 16.7. The van der Waals surface area contributed by atoms with Crippen LogP contribution in [0.5, 0.6) is 0 Å². The summed E-state index contributed by atoms with van der Waals surface area (Å²) in [4.78, 5) is 27.0. The fraction of sp³-hybridized carbons (Fsp3) is 0.600. The van der Waals surface area contributed by atoms with E-state index < -0.39 is 0 Å². The average molecular weight is 212 g/mol. The molecule has 0 spiro atoms. The van der Waals surface area contributed by atoms with Crippen LogP contribution in [0.2, 0.25) is 0 Å². The van der Waals surface area contributed by atoms with Gasteiger partial charge in [-0.25, -0.2) is 0 Å². The Bertz CT molecular complexity index is 247. The smallest absolute Gasteiger partial charge is 0.326 e. The third-order valence-electron chi connectivity index (χ3n) is 2.11. The van der Waals surface area contributed by atoms with E-state index in [4.69, 9.17) is 4.84 Å². The number of carbonyl (C=O) groups excluding carboxylic acids is 2. The van der Waals surface area contributed by atoms with Crippen molar-refractivity contribution in [3.63, 3.8) is 0 Å². The lowest BCUT2D eigenvalue weighted by molar-refractivity contribution is -0.185. The van der Waals surface area contributed by atoms with Gasteiger partial charge in [0.2, 0.25) is 5.91 Å². The maximum atomic E-state index is 11.2. The van der Waals surface area contributed by atoms with Gasteiger partial charge in [-0.05, 0) is 18.9 Å². The predicted molar refractivity (Wildman–Crippen MR) is 54.7 cm³/mol. The summed E-state index contributed by atoms with van der Waals surface area (Å²) in [6.45, 7) is 5.21. The van der Waals surface area contributed by atoms with Crippen LogP contribution in [-0.4, -0.2) is 36.6 Å². The maximum Gasteiger partial charge on any atom is 0.326 e. The molecule has 1 heterocycles. The van der Waals surface area contributed by atoms with Gasteiger partial charge in [-0.1, -0.05) is 6.58 Å². The normalized spacial score (nSPS) is 16.0. The summed E-state index contributed by atoms with van der Waals surface area (Å²) in [5, 5.41) is 4.18. The van der Waals surface area contributed by atoms with E-state index in [2.05, 4.69) is 11.9 Å². The first kappa shape index (κ1) is 11.7. The lowest BCUT2D eigenvalue weighted by Crippen LogP contribution is -2.28. The van der Waals surface area contributed by atoms with Crippen LogP contribution in [0.15, 0.2) is 12.7 Å². The zero-order valence-corrected chi connectivity index (χ0v) is 8.70. The minimum Gasteiger partial charge on any atom is -0.368 e. The van der Waals surface area contributed by atoms with E-state index in [1.165, 1.54) is 6.08 Å². The Morgan fingerprint density at radius 3 is 2.67 bits per heavy atom. The van der Waals surface area contributed by atoms with Gasteiger partial charge < -0.3 is 10.2 Å². The molecule has 0 aromatic heterocycles. The Kier molecular flexibility index (Phi) is 4.83. The van der Waals surface area contributed by atoms with Gasteiger partial charge in [0.05, 0.1) is 6.42 Å². The molecular formula is C10H16N2O3. The number of carbonyl (C=O) groups is 2.